The largest absolute Gasteiger partial charge is 0.385 e. The Morgan fingerprint density at radius 1 is 1.37 bits per heavy atom. The van der Waals surface area contributed by atoms with Gasteiger partial charge in [0.2, 0.25) is 0 Å². The smallest absolute Gasteiger partial charge is 0.168 e. The second-order valence-corrected chi connectivity index (χ2v) is 5.45. The molecule has 102 valence electrons. The maximum atomic E-state index is 14.1. The molecule has 0 bridgehead atoms. The molecule has 0 amide bonds. The van der Waals surface area contributed by atoms with Crippen LogP contribution in [0.2, 0.25) is 5.02 Å². The Morgan fingerprint density at radius 3 is 2.74 bits per heavy atom. The molecule has 0 aliphatic carbocycles. The van der Waals surface area contributed by atoms with Crippen LogP contribution in [0.4, 0.5) is 10.1 Å². The van der Waals surface area contributed by atoms with Crippen LogP contribution in [-0.2, 0) is 6.42 Å². The van der Waals surface area contributed by atoms with E-state index in [4.69, 9.17) is 11.6 Å². The van der Waals surface area contributed by atoms with Crippen molar-refractivity contribution >= 4 is 28.2 Å². The summed E-state index contributed by atoms with van der Waals surface area (Å²) >= 11 is 5.84. The Labute approximate surface area is 118 Å². The third-order valence-corrected chi connectivity index (χ3v) is 3.20. The molecule has 0 aliphatic heterocycles. The van der Waals surface area contributed by atoms with Crippen LogP contribution in [0.25, 0.3) is 10.9 Å². The summed E-state index contributed by atoms with van der Waals surface area (Å²) in [5, 5.41) is 4.15. The van der Waals surface area contributed by atoms with E-state index in [-0.39, 0.29) is 5.02 Å². The number of pyridine rings is 1. The lowest BCUT2D eigenvalue weighted by molar-refractivity contribution is 0.626. The van der Waals surface area contributed by atoms with Gasteiger partial charge in [-0.1, -0.05) is 25.4 Å². The molecule has 0 fully saturated rings. The van der Waals surface area contributed by atoms with E-state index in [0.29, 0.717) is 11.4 Å². The zero-order chi connectivity index (χ0) is 14.0. The van der Waals surface area contributed by atoms with E-state index in [1.807, 2.05) is 19.1 Å². The molecule has 1 N–H and O–H groups in total. The van der Waals surface area contributed by atoms with Crippen molar-refractivity contribution in [3.05, 3.63) is 34.7 Å². The van der Waals surface area contributed by atoms with Crippen LogP contribution in [0.1, 0.15) is 26.5 Å². The Morgan fingerprint density at radius 2 is 2.11 bits per heavy atom. The third kappa shape index (κ3) is 2.98. The zero-order valence-electron chi connectivity index (χ0n) is 11.4. The third-order valence-electron chi connectivity index (χ3n) is 2.91. The van der Waals surface area contributed by atoms with Gasteiger partial charge < -0.3 is 5.32 Å². The Kier molecular flexibility index (Phi) is 4.25. The predicted octanol–water partition coefficient (Wildman–Crippen LogP) is 4.66. The monoisotopic (exact) mass is 280 g/mol. The van der Waals surface area contributed by atoms with Crippen molar-refractivity contribution in [3.8, 4) is 0 Å². The van der Waals surface area contributed by atoms with E-state index in [0.717, 1.165) is 29.7 Å². The molecule has 0 saturated carbocycles. The average molecular weight is 281 g/mol. The van der Waals surface area contributed by atoms with Crippen LogP contribution in [0.5, 0.6) is 0 Å². The molecule has 1 aromatic carbocycles. The van der Waals surface area contributed by atoms with Crippen LogP contribution in [0.3, 0.4) is 0 Å². The molecule has 0 saturated heterocycles. The Hall–Kier alpha value is -1.35. The number of halogens is 2. The highest BCUT2D eigenvalue weighted by atomic mass is 35.5. The Balaban J connectivity index is 2.65. The highest BCUT2D eigenvalue weighted by Gasteiger charge is 2.12. The predicted molar refractivity (Wildman–Crippen MR) is 79.4 cm³/mol. The summed E-state index contributed by atoms with van der Waals surface area (Å²) in [4.78, 5) is 4.42. The molecular formula is C15H18ClFN2. The van der Waals surface area contributed by atoms with Gasteiger partial charge in [-0.2, -0.15) is 0 Å². The van der Waals surface area contributed by atoms with E-state index in [9.17, 15) is 4.39 Å². The molecular weight excluding hydrogens is 263 g/mol. The number of nitrogens with zero attached hydrogens (tertiary/aromatic N) is 1. The topological polar surface area (TPSA) is 24.9 Å². The molecule has 2 aromatic rings. The fourth-order valence-corrected chi connectivity index (χ4v) is 2.30. The molecule has 4 heteroatoms. The van der Waals surface area contributed by atoms with Gasteiger partial charge in [0.1, 0.15) is 5.52 Å². The quantitative estimate of drug-likeness (QED) is 0.881. The van der Waals surface area contributed by atoms with Gasteiger partial charge in [-0.05, 0) is 37.5 Å². The van der Waals surface area contributed by atoms with Gasteiger partial charge in [0.15, 0.2) is 5.82 Å². The molecule has 0 aliphatic rings. The normalized spacial score (nSPS) is 11.3. The first kappa shape index (κ1) is 14.1. The molecule has 0 unspecified atom stereocenters. The minimum Gasteiger partial charge on any atom is -0.385 e. The maximum absolute atomic E-state index is 14.1. The molecule has 0 spiro atoms. The number of anilines is 1. The van der Waals surface area contributed by atoms with Crippen LogP contribution < -0.4 is 5.32 Å². The standard InChI is InChI=1S/C15H18ClFN2/c1-4-18-13-8-10(7-9(2)3)19-15-11(13)5-6-12(16)14(15)17/h5-6,8-9H,4,7H2,1-3H3,(H,18,19). The Bertz CT molecular complexity index is 596. The number of rotatable bonds is 4. The van der Waals surface area contributed by atoms with Gasteiger partial charge in [-0.25, -0.2) is 9.37 Å². The average Bonchev–Trinajstić information content (AvgIpc) is 2.34. The molecule has 19 heavy (non-hydrogen) atoms. The molecule has 1 heterocycles. The number of fused-ring (bicyclic) bond motifs is 1. The minimum atomic E-state index is -0.441. The molecule has 2 nitrogen and oxygen atoms in total. The first-order chi connectivity index (χ1) is 9.02. The first-order valence-electron chi connectivity index (χ1n) is 6.54. The van der Waals surface area contributed by atoms with Crippen LogP contribution >= 0.6 is 11.6 Å². The first-order valence-corrected chi connectivity index (χ1v) is 6.92. The summed E-state index contributed by atoms with van der Waals surface area (Å²) in [7, 11) is 0. The van der Waals surface area contributed by atoms with Crippen molar-refractivity contribution in [1.29, 1.82) is 0 Å². The molecule has 0 radical (unpaired) electrons. The van der Waals surface area contributed by atoms with Crippen LogP contribution in [-0.4, -0.2) is 11.5 Å². The minimum absolute atomic E-state index is 0.115. The fraction of sp³-hybridized carbons (Fsp3) is 0.400. The lowest BCUT2D eigenvalue weighted by Crippen LogP contribution is -2.04. The van der Waals surface area contributed by atoms with E-state index in [1.54, 1.807) is 6.07 Å². The van der Waals surface area contributed by atoms with E-state index in [1.165, 1.54) is 0 Å². The lowest BCUT2D eigenvalue weighted by Gasteiger charge is -2.12. The number of benzene rings is 1. The molecule has 2 rings (SSSR count). The summed E-state index contributed by atoms with van der Waals surface area (Å²) in [5.74, 6) is 0.0330. The van der Waals surface area contributed by atoms with Crippen molar-refractivity contribution in [3.63, 3.8) is 0 Å². The summed E-state index contributed by atoms with van der Waals surface area (Å²) in [6, 6.07) is 5.38. The van der Waals surface area contributed by atoms with Gasteiger partial charge >= 0.3 is 0 Å². The van der Waals surface area contributed by atoms with Crippen molar-refractivity contribution in [2.75, 3.05) is 11.9 Å². The second-order valence-electron chi connectivity index (χ2n) is 5.05. The second kappa shape index (κ2) is 5.74. The van der Waals surface area contributed by atoms with E-state index >= 15 is 0 Å². The van der Waals surface area contributed by atoms with Crippen molar-refractivity contribution in [1.82, 2.24) is 4.98 Å². The summed E-state index contributed by atoms with van der Waals surface area (Å²) < 4.78 is 14.1. The van der Waals surface area contributed by atoms with Gasteiger partial charge in [0.25, 0.3) is 0 Å². The molecule has 0 atom stereocenters. The number of hydrogen-bond acceptors (Lipinski definition) is 2. The van der Waals surface area contributed by atoms with Crippen molar-refractivity contribution in [2.24, 2.45) is 5.92 Å². The van der Waals surface area contributed by atoms with Crippen molar-refractivity contribution in [2.45, 2.75) is 27.2 Å². The highest BCUT2D eigenvalue weighted by molar-refractivity contribution is 6.31. The number of hydrogen-bond donors (Lipinski definition) is 1. The summed E-state index contributed by atoms with van der Waals surface area (Å²) in [6.45, 7) is 7.03. The van der Waals surface area contributed by atoms with Gasteiger partial charge in [-0.15, -0.1) is 0 Å². The van der Waals surface area contributed by atoms with Crippen LogP contribution in [0, 0.1) is 11.7 Å². The van der Waals surface area contributed by atoms with Crippen molar-refractivity contribution < 1.29 is 4.39 Å². The maximum Gasteiger partial charge on any atom is 0.168 e. The number of aromatic nitrogens is 1. The zero-order valence-corrected chi connectivity index (χ0v) is 12.2. The fourth-order valence-electron chi connectivity index (χ4n) is 2.15. The number of nitrogens with one attached hydrogen (secondary N) is 1. The van der Waals surface area contributed by atoms with E-state index < -0.39 is 5.82 Å². The molecule has 1 aromatic heterocycles. The summed E-state index contributed by atoms with van der Waals surface area (Å²) in [5.41, 5.74) is 2.15. The van der Waals surface area contributed by atoms with Gasteiger partial charge in [-0.3, -0.25) is 0 Å². The van der Waals surface area contributed by atoms with Gasteiger partial charge in [0.05, 0.1) is 5.02 Å². The summed E-state index contributed by atoms with van der Waals surface area (Å²) in [6.07, 6.45) is 0.820. The SMILES string of the molecule is CCNc1cc(CC(C)C)nc2c(F)c(Cl)ccc12. The lowest BCUT2D eigenvalue weighted by atomic mass is 10.1. The highest BCUT2D eigenvalue weighted by Crippen LogP contribution is 2.29. The van der Waals surface area contributed by atoms with Crippen LogP contribution in [0.15, 0.2) is 18.2 Å². The van der Waals surface area contributed by atoms with E-state index in [2.05, 4.69) is 24.1 Å². The van der Waals surface area contributed by atoms with Gasteiger partial charge in [0, 0.05) is 23.3 Å².